The summed E-state index contributed by atoms with van der Waals surface area (Å²) >= 11 is 0. The number of rotatable bonds is 9. The van der Waals surface area contributed by atoms with Crippen molar-refractivity contribution in [3.05, 3.63) is 99.0 Å². The molecule has 0 saturated carbocycles. The topological polar surface area (TPSA) is 148 Å². The number of hydrogen-bond donors (Lipinski definition) is 0. The van der Waals surface area contributed by atoms with Crippen LogP contribution < -0.4 is 9.94 Å². The summed E-state index contributed by atoms with van der Waals surface area (Å²) in [5.41, 5.74) is 0.901. The molecular formula is C23H18N2O9S. The number of ether oxygens (including phenoxy) is 1. The molecule has 0 unspecified atom stereocenters. The lowest BCUT2D eigenvalue weighted by Crippen LogP contribution is -2.16. The number of aryl methyl sites for hydroxylation is 1. The Labute approximate surface area is 198 Å². The van der Waals surface area contributed by atoms with Gasteiger partial charge in [-0.15, -0.1) is 0 Å². The Kier molecular flexibility index (Phi) is 6.64. The van der Waals surface area contributed by atoms with E-state index in [4.69, 9.17) is 13.3 Å². The first-order valence-electron chi connectivity index (χ1n) is 10.3. The molecule has 1 heterocycles. The number of fused-ring (bicyclic) bond motifs is 1. The minimum atomic E-state index is -4.32. The van der Waals surface area contributed by atoms with Crippen molar-refractivity contribution in [3.63, 3.8) is 0 Å². The molecule has 1 aromatic heterocycles. The molecule has 0 aliphatic carbocycles. The van der Waals surface area contributed by atoms with Crippen LogP contribution in [0.15, 0.2) is 86.9 Å². The molecule has 0 fully saturated rings. The number of aromatic nitrogens is 1. The summed E-state index contributed by atoms with van der Waals surface area (Å²) in [7, 11) is -4.32. The van der Waals surface area contributed by atoms with Crippen molar-refractivity contribution in [2.24, 2.45) is 0 Å². The monoisotopic (exact) mass is 498 g/mol. The number of carbonyl (C=O) groups excluding carboxylic acids is 1. The van der Waals surface area contributed by atoms with Gasteiger partial charge in [0, 0.05) is 18.7 Å². The molecule has 12 heteroatoms. The number of nitrogens with zero attached hydrogens (tertiary/aromatic N) is 2. The highest BCUT2D eigenvalue weighted by Gasteiger charge is 2.20. The first-order chi connectivity index (χ1) is 16.7. The molecule has 4 rings (SSSR count). The van der Waals surface area contributed by atoms with Crippen molar-refractivity contribution in [2.75, 3.05) is 6.61 Å². The van der Waals surface area contributed by atoms with Crippen molar-refractivity contribution in [1.29, 1.82) is 0 Å². The standard InChI is InChI=1S/C23H18N2O9S/c26-22(32-14-4-13-24-20-7-1-2-8-21(20)33-23(24)27)16-9-11-18(12-10-16)34-35(30,31)19-6-3-5-17(15-19)25(28)29/h1-3,5-12,15H,4,13-14H2. The van der Waals surface area contributed by atoms with Crippen LogP contribution in [-0.4, -0.2) is 30.5 Å². The largest absolute Gasteiger partial charge is 0.462 e. The van der Waals surface area contributed by atoms with Crippen LogP contribution in [0.4, 0.5) is 5.69 Å². The summed E-state index contributed by atoms with van der Waals surface area (Å²) in [6.45, 7) is 0.343. The number of para-hydroxylation sites is 2. The zero-order chi connectivity index (χ0) is 25.0. The van der Waals surface area contributed by atoms with E-state index in [1.165, 1.54) is 41.0 Å². The highest BCUT2D eigenvalue weighted by molar-refractivity contribution is 7.87. The predicted molar refractivity (Wildman–Crippen MR) is 123 cm³/mol. The Morgan fingerprint density at radius 3 is 2.51 bits per heavy atom. The van der Waals surface area contributed by atoms with Gasteiger partial charge in [-0.3, -0.25) is 14.7 Å². The lowest BCUT2D eigenvalue weighted by atomic mass is 10.2. The highest BCUT2D eigenvalue weighted by Crippen LogP contribution is 2.22. The van der Waals surface area contributed by atoms with Gasteiger partial charge in [-0.2, -0.15) is 8.42 Å². The third-order valence-corrected chi connectivity index (χ3v) is 6.19. The van der Waals surface area contributed by atoms with Crippen LogP contribution in [0.5, 0.6) is 5.75 Å². The summed E-state index contributed by atoms with van der Waals surface area (Å²) in [6, 6.07) is 16.6. The van der Waals surface area contributed by atoms with Crippen LogP contribution in [0.2, 0.25) is 0 Å². The Bertz CT molecular complexity index is 1550. The van der Waals surface area contributed by atoms with Crippen molar-refractivity contribution < 1.29 is 31.5 Å². The van der Waals surface area contributed by atoms with Gasteiger partial charge in [-0.25, -0.2) is 9.59 Å². The molecular weight excluding hydrogens is 480 g/mol. The molecule has 0 saturated heterocycles. The number of nitro benzene ring substituents is 1. The molecule has 0 amide bonds. The fourth-order valence-corrected chi connectivity index (χ4v) is 4.24. The maximum Gasteiger partial charge on any atom is 0.419 e. The number of esters is 1. The maximum absolute atomic E-state index is 12.4. The van der Waals surface area contributed by atoms with Gasteiger partial charge in [0.2, 0.25) is 0 Å². The quantitative estimate of drug-likeness (QED) is 0.111. The van der Waals surface area contributed by atoms with Gasteiger partial charge in [-0.05, 0) is 48.9 Å². The molecule has 0 atom stereocenters. The van der Waals surface area contributed by atoms with E-state index in [-0.39, 0.29) is 22.8 Å². The van der Waals surface area contributed by atoms with E-state index in [0.29, 0.717) is 24.1 Å². The average molecular weight is 498 g/mol. The second-order valence-electron chi connectivity index (χ2n) is 7.29. The number of non-ortho nitro benzene ring substituents is 1. The Morgan fingerprint density at radius 1 is 1.03 bits per heavy atom. The molecule has 11 nitrogen and oxygen atoms in total. The SMILES string of the molecule is O=C(OCCCn1c(=O)oc2ccccc21)c1ccc(OS(=O)(=O)c2cccc([N+](=O)[O-])c2)cc1. The van der Waals surface area contributed by atoms with Gasteiger partial charge in [-0.1, -0.05) is 18.2 Å². The minimum absolute atomic E-state index is 0.0458. The smallest absolute Gasteiger partial charge is 0.419 e. The van der Waals surface area contributed by atoms with Gasteiger partial charge in [0.15, 0.2) is 5.58 Å². The Morgan fingerprint density at radius 2 is 1.77 bits per heavy atom. The molecule has 0 radical (unpaired) electrons. The highest BCUT2D eigenvalue weighted by atomic mass is 32.2. The van der Waals surface area contributed by atoms with Crippen LogP contribution in [0, 0.1) is 10.1 Å². The molecule has 0 N–H and O–H groups in total. The molecule has 3 aromatic carbocycles. The van der Waals surface area contributed by atoms with E-state index in [0.717, 1.165) is 12.1 Å². The second-order valence-corrected chi connectivity index (χ2v) is 8.84. The van der Waals surface area contributed by atoms with Crippen molar-refractivity contribution >= 4 is 32.9 Å². The molecule has 4 aromatic rings. The fourth-order valence-electron chi connectivity index (χ4n) is 3.27. The van der Waals surface area contributed by atoms with E-state index in [1.54, 1.807) is 24.3 Å². The van der Waals surface area contributed by atoms with Crippen LogP contribution >= 0.6 is 0 Å². The van der Waals surface area contributed by atoms with Gasteiger partial charge in [0.25, 0.3) is 5.69 Å². The maximum atomic E-state index is 12.4. The Balaban J connectivity index is 1.33. The molecule has 180 valence electrons. The summed E-state index contributed by atoms with van der Waals surface area (Å²) < 4.78 is 41.6. The van der Waals surface area contributed by atoms with E-state index in [9.17, 15) is 28.1 Å². The first-order valence-corrected chi connectivity index (χ1v) is 11.7. The summed E-state index contributed by atoms with van der Waals surface area (Å²) in [4.78, 5) is 34.0. The molecule has 35 heavy (non-hydrogen) atoms. The zero-order valence-corrected chi connectivity index (χ0v) is 18.8. The van der Waals surface area contributed by atoms with Crippen LogP contribution in [-0.2, 0) is 21.4 Å². The molecule has 0 spiro atoms. The van der Waals surface area contributed by atoms with Crippen molar-refractivity contribution in [1.82, 2.24) is 4.57 Å². The summed E-state index contributed by atoms with van der Waals surface area (Å²) in [5, 5.41) is 10.9. The van der Waals surface area contributed by atoms with E-state index < -0.39 is 32.5 Å². The van der Waals surface area contributed by atoms with Gasteiger partial charge >= 0.3 is 21.8 Å². The third kappa shape index (κ3) is 5.38. The van der Waals surface area contributed by atoms with Crippen LogP contribution in [0.3, 0.4) is 0 Å². The first kappa shape index (κ1) is 23.7. The third-order valence-electron chi connectivity index (χ3n) is 4.95. The number of hydrogen-bond acceptors (Lipinski definition) is 9. The van der Waals surface area contributed by atoms with E-state index >= 15 is 0 Å². The Hall–Kier alpha value is -4.45. The van der Waals surface area contributed by atoms with E-state index in [2.05, 4.69) is 0 Å². The van der Waals surface area contributed by atoms with Gasteiger partial charge in [0.05, 0.1) is 22.6 Å². The lowest BCUT2D eigenvalue weighted by Gasteiger charge is -2.08. The minimum Gasteiger partial charge on any atom is -0.462 e. The van der Waals surface area contributed by atoms with Crippen molar-refractivity contribution in [2.45, 2.75) is 17.9 Å². The molecule has 0 aliphatic heterocycles. The van der Waals surface area contributed by atoms with Gasteiger partial charge < -0.3 is 13.3 Å². The molecule has 0 bridgehead atoms. The second kappa shape index (κ2) is 9.81. The normalized spacial score (nSPS) is 11.3. The number of carbonyl (C=O) groups is 1. The lowest BCUT2D eigenvalue weighted by molar-refractivity contribution is -0.385. The number of nitro groups is 1. The van der Waals surface area contributed by atoms with E-state index in [1.807, 2.05) is 0 Å². The average Bonchev–Trinajstić information content (AvgIpc) is 3.17. The van der Waals surface area contributed by atoms with Gasteiger partial charge in [0.1, 0.15) is 10.6 Å². The zero-order valence-electron chi connectivity index (χ0n) is 18.0. The fraction of sp³-hybridized carbons (Fsp3) is 0.130. The molecule has 0 aliphatic rings. The number of benzene rings is 3. The summed E-state index contributed by atoms with van der Waals surface area (Å²) in [6.07, 6.45) is 0.373. The van der Waals surface area contributed by atoms with Crippen molar-refractivity contribution in [3.8, 4) is 5.75 Å². The van der Waals surface area contributed by atoms with Crippen LogP contribution in [0.25, 0.3) is 11.1 Å². The van der Waals surface area contributed by atoms with Crippen LogP contribution in [0.1, 0.15) is 16.8 Å². The number of oxazole rings is 1. The summed E-state index contributed by atoms with van der Waals surface area (Å²) in [5.74, 6) is -1.21. The predicted octanol–water partition coefficient (Wildman–Crippen LogP) is 3.52.